The first-order valence-corrected chi connectivity index (χ1v) is 9.83. The molecule has 1 atom stereocenters. The van der Waals surface area contributed by atoms with Crippen molar-refractivity contribution in [3.05, 3.63) is 62.6 Å². The minimum atomic E-state index is -0.281. The van der Waals surface area contributed by atoms with E-state index >= 15 is 0 Å². The van der Waals surface area contributed by atoms with Gasteiger partial charge in [-0.05, 0) is 73.5 Å². The fourth-order valence-corrected chi connectivity index (χ4v) is 4.93. The van der Waals surface area contributed by atoms with Crippen molar-refractivity contribution in [3.8, 4) is 0 Å². The van der Waals surface area contributed by atoms with E-state index in [1.54, 1.807) is 11.9 Å². The number of methoxy groups -OCH3 is 1. The third-order valence-corrected chi connectivity index (χ3v) is 6.48. The van der Waals surface area contributed by atoms with Crippen LogP contribution in [0, 0.1) is 20.8 Å². The van der Waals surface area contributed by atoms with Gasteiger partial charge in [0.25, 0.3) is 0 Å². The van der Waals surface area contributed by atoms with Crippen LogP contribution in [0.5, 0.6) is 0 Å². The predicted octanol–water partition coefficient (Wildman–Crippen LogP) is 4.98. The predicted molar refractivity (Wildman–Crippen MR) is 106 cm³/mol. The van der Waals surface area contributed by atoms with Gasteiger partial charge in [-0.25, -0.2) is 4.31 Å². The van der Waals surface area contributed by atoms with Crippen molar-refractivity contribution < 1.29 is 9.53 Å². The molecule has 1 aliphatic rings. The van der Waals surface area contributed by atoms with Gasteiger partial charge >= 0.3 is 5.97 Å². The second-order valence-corrected chi connectivity index (χ2v) is 8.53. The van der Waals surface area contributed by atoms with Crippen LogP contribution in [0.3, 0.4) is 0 Å². The van der Waals surface area contributed by atoms with E-state index in [1.807, 2.05) is 0 Å². The normalized spacial score (nSPS) is 17.2. The van der Waals surface area contributed by atoms with Crippen LogP contribution in [0.2, 0.25) is 0 Å². The number of esters is 1. The molecular formula is C20H22BrNO2S. The molecule has 0 saturated heterocycles. The van der Waals surface area contributed by atoms with Crippen LogP contribution in [0.4, 0.5) is 0 Å². The van der Waals surface area contributed by atoms with Crippen LogP contribution in [0.1, 0.15) is 27.8 Å². The van der Waals surface area contributed by atoms with Gasteiger partial charge in [-0.1, -0.05) is 39.7 Å². The number of nitrogens with zero attached hydrogens (tertiary/aromatic N) is 1. The molecule has 0 N–H and O–H groups in total. The van der Waals surface area contributed by atoms with Crippen LogP contribution < -0.4 is 0 Å². The lowest BCUT2D eigenvalue weighted by atomic mass is 9.96. The Balaban J connectivity index is 1.95. The van der Waals surface area contributed by atoms with E-state index in [9.17, 15) is 4.79 Å². The highest BCUT2D eigenvalue weighted by Gasteiger charge is 2.33. The highest BCUT2D eigenvalue weighted by molar-refractivity contribution is 9.10. The van der Waals surface area contributed by atoms with Gasteiger partial charge in [0.1, 0.15) is 6.04 Å². The Morgan fingerprint density at radius 1 is 1.16 bits per heavy atom. The van der Waals surface area contributed by atoms with E-state index < -0.39 is 0 Å². The Hall–Kier alpha value is -1.30. The van der Waals surface area contributed by atoms with Crippen molar-refractivity contribution in [2.24, 2.45) is 0 Å². The van der Waals surface area contributed by atoms with Crippen molar-refractivity contribution >= 4 is 33.8 Å². The molecule has 3 nitrogen and oxygen atoms in total. The minimum absolute atomic E-state index is 0.180. The quantitative estimate of drug-likeness (QED) is 0.518. The van der Waals surface area contributed by atoms with Gasteiger partial charge in [0.05, 0.1) is 7.11 Å². The molecule has 0 amide bonds. The van der Waals surface area contributed by atoms with Crippen LogP contribution in [-0.4, -0.2) is 23.4 Å². The molecule has 0 aliphatic carbocycles. The molecule has 0 aromatic heterocycles. The van der Waals surface area contributed by atoms with Crippen molar-refractivity contribution in [2.45, 2.75) is 44.7 Å². The highest BCUT2D eigenvalue weighted by atomic mass is 79.9. The number of carbonyl (C=O) groups is 1. The number of fused-ring (bicyclic) bond motifs is 1. The number of halogens is 1. The maximum atomic E-state index is 12.4. The monoisotopic (exact) mass is 419 g/mol. The first-order chi connectivity index (χ1) is 11.9. The summed E-state index contributed by atoms with van der Waals surface area (Å²) in [4.78, 5) is 13.6. The zero-order chi connectivity index (χ0) is 18.1. The summed E-state index contributed by atoms with van der Waals surface area (Å²) in [6.45, 7) is 7.09. The van der Waals surface area contributed by atoms with Gasteiger partial charge in [0, 0.05) is 15.9 Å². The topological polar surface area (TPSA) is 29.5 Å². The summed E-state index contributed by atoms with van der Waals surface area (Å²) in [5.74, 6) is -0.180. The van der Waals surface area contributed by atoms with Crippen molar-refractivity contribution in [1.82, 2.24) is 4.31 Å². The molecule has 1 heterocycles. The largest absolute Gasteiger partial charge is 0.468 e. The summed E-state index contributed by atoms with van der Waals surface area (Å²) in [5.41, 5.74) is 6.22. The van der Waals surface area contributed by atoms with Gasteiger partial charge in [-0.3, -0.25) is 4.79 Å². The first-order valence-electron chi connectivity index (χ1n) is 8.26. The molecule has 25 heavy (non-hydrogen) atoms. The summed E-state index contributed by atoms with van der Waals surface area (Å²) in [6, 6.07) is 10.4. The molecule has 3 rings (SSSR count). The lowest BCUT2D eigenvalue weighted by molar-refractivity contribution is -0.145. The van der Waals surface area contributed by atoms with E-state index in [-0.39, 0.29) is 12.0 Å². The summed E-state index contributed by atoms with van der Waals surface area (Å²) in [6.07, 6.45) is 0.665. The van der Waals surface area contributed by atoms with E-state index in [0.717, 1.165) is 11.0 Å². The summed E-state index contributed by atoms with van der Waals surface area (Å²) in [7, 11) is 1.46. The van der Waals surface area contributed by atoms with Gasteiger partial charge in [-0.15, -0.1) is 0 Å². The third kappa shape index (κ3) is 3.94. The molecule has 1 aliphatic heterocycles. The van der Waals surface area contributed by atoms with Crippen LogP contribution >= 0.6 is 27.9 Å². The van der Waals surface area contributed by atoms with Crippen LogP contribution in [0.25, 0.3) is 0 Å². The summed E-state index contributed by atoms with van der Waals surface area (Å²) < 4.78 is 8.28. The Morgan fingerprint density at radius 2 is 1.84 bits per heavy atom. The maximum absolute atomic E-state index is 12.4. The average Bonchev–Trinajstić information content (AvgIpc) is 2.56. The molecular weight excluding hydrogens is 398 g/mol. The minimum Gasteiger partial charge on any atom is -0.468 e. The Labute approximate surface area is 162 Å². The zero-order valence-electron chi connectivity index (χ0n) is 14.9. The number of carbonyl (C=O) groups excluding carboxylic acids is 1. The van der Waals surface area contributed by atoms with Crippen molar-refractivity contribution in [3.63, 3.8) is 0 Å². The number of rotatable bonds is 3. The molecule has 0 radical (unpaired) electrons. The van der Waals surface area contributed by atoms with Crippen molar-refractivity contribution in [1.29, 1.82) is 0 Å². The van der Waals surface area contributed by atoms with E-state index in [0.29, 0.717) is 6.42 Å². The van der Waals surface area contributed by atoms with E-state index in [2.05, 4.69) is 71.3 Å². The SMILES string of the molecule is COC(=O)C1Cc2cc(Br)ccc2CN1Sc1c(C)cc(C)cc1C. The fourth-order valence-electron chi connectivity index (χ4n) is 3.39. The molecule has 5 heteroatoms. The molecule has 1 unspecified atom stereocenters. The molecule has 0 bridgehead atoms. The Kier molecular flexibility index (Phi) is 5.56. The molecule has 0 fully saturated rings. The van der Waals surface area contributed by atoms with Gasteiger partial charge in [0.15, 0.2) is 0 Å². The van der Waals surface area contributed by atoms with E-state index in [1.165, 1.54) is 39.8 Å². The molecule has 2 aromatic rings. The zero-order valence-corrected chi connectivity index (χ0v) is 17.3. The third-order valence-electron chi connectivity index (χ3n) is 4.54. The number of aryl methyl sites for hydroxylation is 3. The van der Waals surface area contributed by atoms with Gasteiger partial charge in [-0.2, -0.15) is 0 Å². The van der Waals surface area contributed by atoms with Crippen molar-refractivity contribution in [2.75, 3.05) is 7.11 Å². The number of ether oxygens (including phenoxy) is 1. The smallest absolute Gasteiger partial charge is 0.324 e. The van der Waals surface area contributed by atoms with Crippen LogP contribution in [0.15, 0.2) is 39.7 Å². The molecule has 0 saturated carbocycles. The van der Waals surface area contributed by atoms with Gasteiger partial charge < -0.3 is 4.74 Å². The second-order valence-electron chi connectivity index (χ2n) is 6.55. The number of hydrogen-bond donors (Lipinski definition) is 0. The van der Waals surface area contributed by atoms with Gasteiger partial charge in [0.2, 0.25) is 0 Å². The lowest BCUT2D eigenvalue weighted by Crippen LogP contribution is -2.42. The summed E-state index contributed by atoms with van der Waals surface area (Å²) >= 11 is 5.19. The second kappa shape index (κ2) is 7.52. The first kappa shape index (κ1) is 18.5. The number of hydrogen-bond acceptors (Lipinski definition) is 4. The average molecular weight is 420 g/mol. The maximum Gasteiger partial charge on any atom is 0.324 e. The molecule has 132 valence electrons. The van der Waals surface area contributed by atoms with Crippen LogP contribution in [-0.2, 0) is 22.5 Å². The standard InChI is InChI=1S/C20H22BrNO2S/c1-12-7-13(2)19(14(3)8-12)25-22-11-15-5-6-17(21)9-16(15)10-18(22)20(23)24-4/h5-9,18H,10-11H2,1-4H3. The lowest BCUT2D eigenvalue weighted by Gasteiger charge is -2.34. The molecule has 2 aromatic carbocycles. The number of benzene rings is 2. The molecule has 0 spiro atoms. The van der Waals surface area contributed by atoms with E-state index in [4.69, 9.17) is 4.74 Å². The highest BCUT2D eigenvalue weighted by Crippen LogP contribution is 2.37. The Bertz CT molecular complexity index is 798. The summed E-state index contributed by atoms with van der Waals surface area (Å²) in [5, 5.41) is 0. The fraction of sp³-hybridized carbons (Fsp3) is 0.350. The Morgan fingerprint density at radius 3 is 2.48 bits per heavy atom.